The highest BCUT2D eigenvalue weighted by Gasteiger charge is 2.27. The first-order valence-electron chi connectivity index (χ1n) is 4.33. The SMILES string of the molecule is COc1c(S(=O)(=O)O)ccc(S(=O)(=O)O)c1OC. The lowest BCUT2D eigenvalue weighted by Gasteiger charge is -2.13. The van der Waals surface area contributed by atoms with Gasteiger partial charge in [-0.1, -0.05) is 0 Å². The summed E-state index contributed by atoms with van der Waals surface area (Å²) in [5, 5.41) is 0. The molecule has 0 aliphatic heterocycles. The molecule has 0 unspecified atom stereocenters. The second-order valence-corrected chi connectivity index (χ2v) is 5.86. The summed E-state index contributed by atoms with van der Waals surface area (Å²) in [6, 6.07) is 1.56. The summed E-state index contributed by atoms with van der Waals surface area (Å²) in [5.41, 5.74) is 0. The van der Waals surface area contributed by atoms with Gasteiger partial charge >= 0.3 is 0 Å². The first-order valence-corrected chi connectivity index (χ1v) is 7.21. The Morgan fingerprint density at radius 2 is 1.11 bits per heavy atom. The topological polar surface area (TPSA) is 127 Å². The molecule has 0 atom stereocenters. The van der Waals surface area contributed by atoms with Crippen LogP contribution >= 0.6 is 0 Å². The van der Waals surface area contributed by atoms with Gasteiger partial charge in [-0.2, -0.15) is 16.8 Å². The Balaban J connectivity index is 3.79. The average molecular weight is 298 g/mol. The number of methoxy groups -OCH3 is 2. The van der Waals surface area contributed by atoms with E-state index in [2.05, 4.69) is 9.47 Å². The van der Waals surface area contributed by atoms with Crippen LogP contribution in [0.15, 0.2) is 21.9 Å². The fraction of sp³-hybridized carbons (Fsp3) is 0.250. The van der Waals surface area contributed by atoms with Gasteiger partial charge in [0.05, 0.1) is 14.2 Å². The molecule has 2 N–H and O–H groups in total. The van der Waals surface area contributed by atoms with Gasteiger partial charge in [0.15, 0.2) is 11.5 Å². The van der Waals surface area contributed by atoms with E-state index in [1.165, 1.54) is 0 Å². The zero-order chi connectivity index (χ0) is 14.1. The van der Waals surface area contributed by atoms with Crippen molar-refractivity contribution in [3.8, 4) is 11.5 Å². The molecule has 0 saturated carbocycles. The zero-order valence-electron chi connectivity index (χ0n) is 9.32. The van der Waals surface area contributed by atoms with Crippen LogP contribution in [0, 0.1) is 0 Å². The molecular weight excluding hydrogens is 288 g/mol. The van der Waals surface area contributed by atoms with E-state index in [0.29, 0.717) is 0 Å². The van der Waals surface area contributed by atoms with Crippen molar-refractivity contribution in [1.29, 1.82) is 0 Å². The normalized spacial score (nSPS) is 12.2. The van der Waals surface area contributed by atoms with Crippen molar-refractivity contribution in [2.45, 2.75) is 9.79 Å². The van der Waals surface area contributed by atoms with Gasteiger partial charge in [0, 0.05) is 0 Å². The number of ether oxygens (including phenoxy) is 2. The Kier molecular flexibility index (Phi) is 3.86. The van der Waals surface area contributed by atoms with E-state index < -0.39 is 41.5 Å². The molecule has 0 aromatic heterocycles. The fourth-order valence-electron chi connectivity index (χ4n) is 1.32. The van der Waals surface area contributed by atoms with Crippen LogP contribution in [-0.2, 0) is 20.2 Å². The fourth-order valence-corrected chi connectivity index (χ4v) is 2.62. The molecule has 102 valence electrons. The molecule has 18 heavy (non-hydrogen) atoms. The molecule has 0 amide bonds. The van der Waals surface area contributed by atoms with E-state index in [0.717, 1.165) is 26.4 Å². The molecule has 8 nitrogen and oxygen atoms in total. The van der Waals surface area contributed by atoms with Crippen LogP contribution < -0.4 is 9.47 Å². The molecule has 0 radical (unpaired) electrons. The van der Waals surface area contributed by atoms with Crippen LogP contribution in [0.4, 0.5) is 0 Å². The van der Waals surface area contributed by atoms with Crippen molar-refractivity contribution in [3.05, 3.63) is 12.1 Å². The van der Waals surface area contributed by atoms with Crippen molar-refractivity contribution in [2.24, 2.45) is 0 Å². The zero-order valence-corrected chi connectivity index (χ0v) is 10.9. The predicted octanol–water partition coefficient (Wildman–Crippen LogP) is 0.197. The predicted molar refractivity (Wildman–Crippen MR) is 59.2 cm³/mol. The Morgan fingerprint density at radius 3 is 1.28 bits per heavy atom. The monoisotopic (exact) mass is 298 g/mol. The van der Waals surface area contributed by atoms with Crippen molar-refractivity contribution in [3.63, 3.8) is 0 Å². The quantitative estimate of drug-likeness (QED) is 0.754. The van der Waals surface area contributed by atoms with Gasteiger partial charge in [0.1, 0.15) is 9.79 Å². The van der Waals surface area contributed by atoms with Gasteiger partial charge in [-0.3, -0.25) is 9.11 Å². The van der Waals surface area contributed by atoms with Gasteiger partial charge in [-0.05, 0) is 12.1 Å². The number of hydrogen-bond acceptors (Lipinski definition) is 6. The van der Waals surface area contributed by atoms with E-state index in [4.69, 9.17) is 9.11 Å². The molecule has 1 aromatic rings. The molecule has 0 aliphatic rings. The van der Waals surface area contributed by atoms with E-state index in [-0.39, 0.29) is 0 Å². The van der Waals surface area contributed by atoms with Crippen LogP contribution in [0.1, 0.15) is 0 Å². The molecule has 0 aliphatic carbocycles. The van der Waals surface area contributed by atoms with Gasteiger partial charge in [-0.15, -0.1) is 0 Å². The number of rotatable bonds is 4. The summed E-state index contributed by atoms with van der Waals surface area (Å²) < 4.78 is 71.5. The van der Waals surface area contributed by atoms with Gasteiger partial charge in [0.25, 0.3) is 20.2 Å². The Hall–Kier alpha value is -1.36. The average Bonchev–Trinajstić information content (AvgIpc) is 2.24. The van der Waals surface area contributed by atoms with E-state index in [9.17, 15) is 16.8 Å². The minimum absolute atomic E-state index is 0.518. The molecule has 0 spiro atoms. The summed E-state index contributed by atoms with van der Waals surface area (Å²) >= 11 is 0. The summed E-state index contributed by atoms with van der Waals surface area (Å²) in [4.78, 5) is -1.34. The van der Waals surface area contributed by atoms with Crippen molar-refractivity contribution >= 4 is 20.2 Å². The minimum Gasteiger partial charge on any atom is -0.491 e. The van der Waals surface area contributed by atoms with Crippen LogP contribution in [0.5, 0.6) is 11.5 Å². The number of benzene rings is 1. The molecule has 1 aromatic carbocycles. The third-order valence-corrected chi connectivity index (χ3v) is 3.76. The van der Waals surface area contributed by atoms with E-state index >= 15 is 0 Å². The van der Waals surface area contributed by atoms with Gasteiger partial charge < -0.3 is 9.47 Å². The maximum absolute atomic E-state index is 11.0. The Bertz CT molecular complexity index is 600. The van der Waals surface area contributed by atoms with E-state index in [1.54, 1.807) is 0 Å². The molecule has 0 saturated heterocycles. The highest BCUT2D eigenvalue weighted by molar-refractivity contribution is 7.86. The highest BCUT2D eigenvalue weighted by atomic mass is 32.2. The molecule has 0 heterocycles. The van der Waals surface area contributed by atoms with E-state index in [1.807, 2.05) is 0 Å². The van der Waals surface area contributed by atoms with Gasteiger partial charge in [0.2, 0.25) is 0 Å². The van der Waals surface area contributed by atoms with Crippen LogP contribution in [0.3, 0.4) is 0 Å². The summed E-state index contributed by atoms with van der Waals surface area (Å²) in [7, 11) is -7.13. The third-order valence-electron chi connectivity index (χ3n) is 2.00. The summed E-state index contributed by atoms with van der Waals surface area (Å²) in [6.45, 7) is 0. The minimum atomic E-state index is -4.62. The second kappa shape index (κ2) is 4.72. The molecule has 1 rings (SSSR count). The maximum Gasteiger partial charge on any atom is 0.298 e. The van der Waals surface area contributed by atoms with Gasteiger partial charge in [-0.25, -0.2) is 0 Å². The molecule has 0 fully saturated rings. The Labute approximate surface area is 104 Å². The first kappa shape index (κ1) is 14.7. The van der Waals surface area contributed by atoms with Crippen LogP contribution in [0.25, 0.3) is 0 Å². The molecule has 10 heteroatoms. The largest absolute Gasteiger partial charge is 0.491 e. The maximum atomic E-state index is 11.0. The molecule has 0 bridgehead atoms. The lowest BCUT2D eigenvalue weighted by atomic mass is 10.3. The summed E-state index contributed by atoms with van der Waals surface area (Å²) in [5.74, 6) is -1.04. The van der Waals surface area contributed by atoms with Crippen molar-refractivity contribution in [1.82, 2.24) is 0 Å². The lowest BCUT2D eigenvalue weighted by Crippen LogP contribution is -2.07. The summed E-state index contributed by atoms with van der Waals surface area (Å²) in [6.07, 6.45) is 0. The molecular formula is C8H10O8S2. The van der Waals surface area contributed by atoms with Crippen molar-refractivity contribution in [2.75, 3.05) is 14.2 Å². The van der Waals surface area contributed by atoms with Crippen LogP contribution in [-0.4, -0.2) is 40.2 Å². The highest BCUT2D eigenvalue weighted by Crippen LogP contribution is 2.39. The number of hydrogen-bond donors (Lipinski definition) is 2. The first-order chi connectivity index (χ1) is 8.12. The Morgan fingerprint density at radius 1 is 0.833 bits per heavy atom. The van der Waals surface area contributed by atoms with Crippen molar-refractivity contribution < 1.29 is 35.4 Å². The van der Waals surface area contributed by atoms with Crippen LogP contribution in [0.2, 0.25) is 0 Å². The smallest absolute Gasteiger partial charge is 0.298 e. The lowest BCUT2D eigenvalue weighted by molar-refractivity contribution is 0.335. The third kappa shape index (κ3) is 2.72. The second-order valence-electron chi connectivity index (χ2n) is 3.08. The standard InChI is InChI=1S/C8H10O8S2/c1-15-7-5(17(9,10)11)3-4-6(8(7)16-2)18(12,13)14/h3-4H,1-2H3,(H,9,10,11)(H,12,13,14).